The van der Waals surface area contributed by atoms with Gasteiger partial charge in [0, 0.05) is 39.4 Å². The molecule has 1 fully saturated rings. The van der Waals surface area contributed by atoms with Crippen molar-refractivity contribution in [3.8, 4) is 0 Å². The number of aliphatic imine (C=N–C) groups is 1. The largest absolute Gasteiger partial charge is 0.381 e. The Labute approximate surface area is 153 Å². The van der Waals surface area contributed by atoms with E-state index in [0.717, 1.165) is 44.6 Å². The topological polar surface area (TPSA) is 48.9 Å². The Balaban J connectivity index is 0.00000441. The summed E-state index contributed by atoms with van der Waals surface area (Å²) in [4.78, 5) is 6.60. The lowest BCUT2D eigenvalue weighted by Crippen LogP contribution is -2.46. The molecule has 0 aromatic heterocycles. The van der Waals surface area contributed by atoms with E-state index in [1.54, 1.807) is 0 Å². The molecular weight excluding hydrogens is 391 g/mol. The first-order valence-corrected chi connectivity index (χ1v) is 8.23. The zero-order valence-corrected chi connectivity index (χ0v) is 17.2. The van der Waals surface area contributed by atoms with E-state index in [1.807, 2.05) is 7.05 Å². The molecule has 0 amide bonds. The molecule has 0 radical (unpaired) electrons. The number of ether oxygens (including phenoxy) is 1. The van der Waals surface area contributed by atoms with Gasteiger partial charge in [0.25, 0.3) is 0 Å². The van der Waals surface area contributed by atoms with Crippen LogP contribution >= 0.6 is 24.0 Å². The summed E-state index contributed by atoms with van der Waals surface area (Å²) in [6, 6.07) is 0.609. The molecule has 22 heavy (non-hydrogen) atoms. The van der Waals surface area contributed by atoms with Crippen molar-refractivity contribution in [3.05, 3.63) is 0 Å². The molecule has 1 rings (SSSR count). The third-order valence-electron chi connectivity index (χ3n) is 3.74. The van der Waals surface area contributed by atoms with Crippen molar-refractivity contribution in [2.24, 2.45) is 16.8 Å². The molecule has 132 valence electrons. The molecule has 1 saturated carbocycles. The molecule has 0 aromatic carbocycles. The Morgan fingerprint density at radius 2 is 1.95 bits per heavy atom. The molecule has 1 atom stereocenters. The van der Waals surface area contributed by atoms with Crippen LogP contribution in [0.1, 0.15) is 33.1 Å². The van der Waals surface area contributed by atoms with Crippen LogP contribution in [0.15, 0.2) is 4.99 Å². The summed E-state index contributed by atoms with van der Waals surface area (Å²) in [5.74, 6) is 2.36. The summed E-state index contributed by atoms with van der Waals surface area (Å²) in [6.07, 6.45) is 3.74. The number of hydrogen-bond acceptors (Lipinski definition) is 3. The van der Waals surface area contributed by atoms with Gasteiger partial charge in [-0.1, -0.05) is 13.8 Å². The number of nitrogens with zero attached hydrogens (tertiary/aromatic N) is 2. The van der Waals surface area contributed by atoms with Crippen LogP contribution in [0.4, 0.5) is 0 Å². The van der Waals surface area contributed by atoms with Crippen molar-refractivity contribution in [1.29, 1.82) is 0 Å². The minimum absolute atomic E-state index is 0. The van der Waals surface area contributed by atoms with Gasteiger partial charge >= 0.3 is 0 Å². The molecule has 0 heterocycles. The van der Waals surface area contributed by atoms with Crippen molar-refractivity contribution in [2.75, 3.05) is 47.4 Å². The van der Waals surface area contributed by atoms with Gasteiger partial charge in [0.15, 0.2) is 5.96 Å². The number of guanidine groups is 1. The standard InChI is InChI=1S/C16H34N4O.HI/c1-13(2)12-21-10-6-9-18-16(17-3)19-11-15(20(4)5)14-7-8-14;/h13-15H,6-12H2,1-5H3,(H2,17,18,19);1H. The molecule has 0 saturated heterocycles. The van der Waals surface area contributed by atoms with E-state index in [4.69, 9.17) is 4.74 Å². The normalized spacial score (nSPS) is 16.6. The highest BCUT2D eigenvalue weighted by molar-refractivity contribution is 14.0. The molecule has 0 bridgehead atoms. The lowest BCUT2D eigenvalue weighted by Gasteiger charge is -2.25. The van der Waals surface area contributed by atoms with E-state index in [-0.39, 0.29) is 24.0 Å². The monoisotopic (exact) mass is 426 g/mol. The second-order valence-electron chi connectivity index (χ2n) is 6.57. The Morgan fingerprint density at radius 3 is 2.45 bits per heavy atom. The van der Waals surface area contributed by atoms with E-state index in [2.05, 4.69) is 48.5 Å². The average molecular weight is 426 g/mol. The number of rotatable bonds is 10. The second kappa shape index (κ2) is 12.4. The molecule has 0 aliphatic heterocycles. The van der Waals surface area contributed by atoms with Crippen LogP contribution in [0.5, 0.6) is 0 Å². The van der Waals surface area contributed by atoms with Crippen molar-refractivity contribution in [2.45, 2.75) is 39.2 Å². The van der Waals surface area contributed by atoms with E-state index in [9.17, 15) is 0 Å². The fourth-order valence-electron chi connectivity index (χ4n) is 2.37. The third kappa shape index (κ3) is 9.84. The van der Waals surface area contributed by atoms with Crippen molar-refractivity contribution in [1.82, 2.24) is 15.5 Å². The van der Waals surface area contributed by atoms with Crippen molar-refractivity contribution >= 4 is 29.9 Å². The molecule has 1 unspecified atom stereocenters. The van der Waals surface area contributed by atoms with Crippen LogP contribution in [0, 0.1) is 11.8 Å². The molecular formula is C16H35IN4O. The van der Waals surface area contributed by atoms with Crippen LogP contribution < -0.4 is 10.6 Å². The highest BCUT2D eigenvalue weighted by Gasteiger charge is 2.32. The SMILES string of the molecule is CN=C(NCCCOCC(C)C)NCC(C1CC1)N(C)C.I. The summed E-state index contributed by atoms with van der Waals surface area (Å²) in [5.41, 5.74) is 0. The fourth-order valence-corrected chi connectivity index (χ4v) is 2.37. The highest BCUT2D eigenvalue weighted by atomic mass is 127. The lowest BCUT2D eigenvalue weighted by molar-refractivity contribution is 0.108. The first-order valence-electron chi connectivity index (χ1n) is 8.23. The number of likely N-dealkylation sites (N-methyl/N-ethyl adjacent to an activating group) is 1. The van der Waals surface area contributed by atoms with E-state index >= 15 is 0 Å². The minimum Gasteiger partial charge on any atom is -0.381 e. The predicted molar refractivity (Wildman–Crippen MR) is 105 cm³/mol. The number of halogens is 1. The van der Waals surface area contributed by atoms with Gasteiger partial charge < -0.3 is 20.3 Å². The fraction of sp³-hybridized carbons (Fsp3) is 0.938. The molecule has 2 N–H and O–H groups in total. The van der Waals surface area contributed by atoms with Gasteiger partial charge in [-0.15, -0.1) is 24.0 Å². The first kappa shape index (κ1) is 21.9. The predicted octanol–water partition coefficient (Wildman–Crippen LogP) is 2.17. The quantitative estimate of drug-likeness (QED) is 0.243. The van der Waals surface area contributed by atoms with Gasteiger partial charge in [0.1, 0.15) is 0 Å². The molecule has 6 heteroatoms. The van der Waals surface area contributed by atoms with Gasteiger partial charge in [-0.3, -0.25) is 4.99 Å². The van der Waals surface area contributed by atoms with Crippen LogP contribution in [-0.2, 0) is 4.74 Å². The Bertz CT molecular complexity index is 305. The number of hydrogen-bond donors (Lipinski definition) is 2. The third-order valence-corrected chi connectivity index (χ3v) is 3.74. The molecule has 1 aliphatic rings. The molecule has 5 nitrogen and oxygen atoms in total. The molecule has 0 spiro atoms. The van der Waals surface area contributed by atoms with Crippen molar-refractivity contribution < 1.29 is 4.74 Å². The highest BCUT2D eigenvalue weighted by Crippen LogP contribution is 2.34. The molecule has 0 aromatic rings. The van der Waals surface area contributed by atoms with Gasteiger partial charge in [0.2, 0.25) is 0 Å². The maximum absolute atomic E-state index is 5.57. The van der Waals surface area contributed by atoms with Gasteiger partial charge in [-0.25, -0.2) is 0 Å². The van der Waals surface area contributed by atoms with Gasteiger partial charge in [-0.05, 0) is 45.2 Å². The summed E-state index contributed by atoms with van der Waals surface area (Å²) >= 11 is 0. The maximum Gasteiger partial charge on any atom is 0.191 e. The zero-order valence-electron chi connectivity index (χ0n) is 14.9. The first-order chi connectivity index (χ1) is 10.0. The maximum atomic E-state index is 5.57. The van der Waals surface area contributed by atoms with E-state index < -0.39 is 0 Å². The van der Waals surface area contributed by atoms with Gasteiger partial charge in [0.05, 0.1) is 0 Å². The van der Waals surface area contributed by atoms with Crippen LogP contribution in [0.3, 0.4) is 0 Å². The smallest absolute Gasteiger partial charge is 0.191 e. The Kier molecular flexibility index (Phi) is 12.3. The zero-order chi connectivity index (χ0) is 15.7. The van der Waals surface area contributed by atoms with Crippen LogP contribution in [0.25, 0.3) is 0 Å². The second-order valence-corrected chi connectivity index (χ2v) is 6.57. The summed E-state index contributed by atoms with van der Waals surface area (Å²) in [7, 11) is 6.15. The van der Waals surface area contributed by atoms with Crippen LogP contribution in [-0.4, -0.2) is 64.3 Å². The average Bonchev–Trinajstić information content (AvgIpc) is 3.24. The van der Waals surface area contributed by atoms with Gasteiger partial charge in [-0.2, -0.15) is 0 Å². The summed E-state index contributed by atoms with van der Waals surface area (Å²) in [5, 5.41) is 6.79. The lowest BCUT2D eigenvalue weighted by atomic mass is 10.1. The number of nitrogens with one attached hydrogen (secondary N) is 2. The Morgan fingerprint density at radius 1 is 1.27 bits per heavy atom. The Hall–Kier alpha value is -0.0800. The summed E-state index contributed by atoms with van der Waals surface area (Å²) < 4.78 is 5.57. The molecule has 1 aliphatic carbocycles. The van der Waals surface area contributed by atoms with Crippen molar-refractivity contribution in [3.63, 3.8) is 0 Å². The van der Waals surface area contributed by atoms with Crippen LogP contribution in [0.2, 0.25) is 0 Å². The van der Waals surface area contributed by atoms with E-state index in [0.29, 0.717) is 12.0 Å². The minimum atomic E-state index is 0. The van der Waals surface area contributed by atoms with E-state index in [1.165, 1.54) is 12.8 Å². The summed E-state index contributed by atoms with van der Waals surface area (Å²) in [6.45, 7) is 7.86.